The van der Waals surface area contributed by atoms with Crippen molar-refractivity contribution >= 4 is 34.8 Å². The van der Waals surface area contributed by atoms with Gasteiger partial charge in [0.25, 0.3) is 11.8 Å². The number of nitrogens with zero attached hydrogens (tertiary/aromatic N) is 1. The van der Waals surface area contributed by atoms with Crippen LogP contribution in [0.1, 0.15) is 24.2 Å². The summed E-state index contributed by atoms with van der Waals surface area (Å²) in [5.74, 6) is 0.109. The van der Waals surface area contributed by atoms with Crippen molar-refractivity contribution in [1.29, 1.82) is 0 Å². The summed E-state index contributed by atoms with van der Waals surface area (Å²) in [4.78, 5) is 26.4. The Balaban J connectivity index is 1.88. The van der Waals surface area contributed by atoms with Gasteiger partial charge in [0.2, 0.25) is 0 Å². The van der Waals surface area contributed by atoms with Crippen molar-refractivity contribution in [2.75, 3.05) is 16.8 Å². The fraction of sp³-hybridized carbons (Fsp3) is 0.200. The quantitative estimate of drug-likeness (QED) is 0.817. The van der Waals surface area contributed by atoms with Gasteiger partial charge < -0.3 is 15.0 Å². The molecule has 1 heterocycles. The zero-order chi connectivity index (χ0) is 18.8. The Labute approximate surface area is 157 Å². The van der Waals surface area contributed by atoms with Crippen LogP contribution in [0.4, 0.5) is 11.4 Å². The maximum atomic E-state index is 12.4. The second-order valence-corrected chi connectivity index (χ2v) is 6.67. The van der Waals surface area contributed by atoms with E-state index in [2.05, 4.69) is 11.9 Å². The first-order valence-corrected chi connectivity index (χ1v) is 8.57. The van der Waals surface area contributed by atoms with Crippen LogP contribution in [0.3, 0.4) is 0 Å². The van der Waals surface area contributed by atoms with Crippen LogP contribution in [0.25, 0.3) is 0 Å². The van der Waals surface area contributed by atoms with Crippen LogP contribution in [-0.4, -0.2) is 24.5 Å². The summed E-state index contributed by atoms with van der Waals surface area (Å²) in [5, 5.41) is 3.19. The first kappa shape index (κ1) is 18.0. The van der Waals surface area contributed by atoms with Crippen LogP contribution >= 0.6 is 11.6 Å². The number of hydrogen-bond donors (Lipinski definition) is 1. The van der Waals surface area contributed by atoms with Crippen molar-refractivity contribution in [2.45, 2.75) is 20.0 Å². The van der Waals surface area contributed by atoms with Crippen LogP contribution < -0.4 is 15.0 Å². The zero-order valence-corrected chi connectivity index (χ0v) is 15.3. The molecule has 1 N–H and O–H groups in total. The number of fused-ring (bicyclic) bond motifs is 1. The fourth-order valence-corrected chi connectivity index (χ4v) is 2.99. The van der Waals surface area contributed by atoms with Crippen LogP contribution in [0.15, 0.2) is 54.6 Å². The van der Waals surface area contributed by atoms with E-state index in [1.807, 2.05) is 6.92 Å². The molecule has 1 atom stereocenters. The smallest absolute Gasteiger partial charge is 0.268 e. The topological polar surface area (TPSA) is 58.6 Å². The van der Waals surface area contributed by atoms with Crippen molar-refractivity contribution in [3.05, 3.63) is 65.2 Å². The fourth-order valence-electron chi connectivity index (χ4n) is 2.77. The Bertz CT molecular complexity index is 894. The summed E-state index contributed by atoms with van der Waals surface area (Å²) in [7, 11) is 0. The van der Waals surface area contributed by atoms with Crippen molar-refractivity contribution in [2.24, 2.45) is 0 Å². The van der Waals surface area contributed by atoms with Crippen molar-refractivity contribution in [3.63, 3.8) is 0 Å². The predicted molar refractivity (Wildman–Crippen MR) is 103 cm³/mol. The third kappa shape index (κ3) is 3.58. The maximum Gasteiger partial charge on any atom is 0.268 e. The lowest BCUT2D eigenvalue weighted by atomic mass is 10.1. The molecule has 5 nitrogen and oxygen atoms in total. The van der Waals surface area contributed by atoms with Gasteiger partial charge >= 0.3 is 0 Å². The van der Waals surface area contributed by atoms with E-state index in [9.17, 15) is 9.59 Å². The number of ether oxygens (including phenoxy) is 1. The summed E-state index contributed by atoms with van der Waals surface area (Å²) in [6, 6.07) is 12.0. The molecular formula is C20H19ClN2O3. The molecule has 2 amide bonds. The highest BCUT2D eigenvalue weighted by atomic mass is 35.5. The monoisotopic (exact) mass is 370 g/mol. The number of carbonyl (C=O) groups excluding carboxylic acids is 2. The van der Waals surface area contributed by atoms with Crippen LogP contribution in [0.5, 0.6) is 5.75 Å². The van der Waals surface area contributed by atoms with Gasteiger partial charge in [-0.05, 0) is 38.1 Å². The number of benzene rings is 2. The molecule has 0 saturated carbocycles. The zero-order valence-electron chi connectivity index (χ0n) is 14.6. The SMILES string of the molecule is C=C(C)CN1C(=O)C(C)Oc2cc(NC(=O)c3ccccc3Cl)ccc21. The molecular weight excluding hydrogens is 352 g/mol. The number of carbonyl (C=O) groups is 2. The number of halogens is 1. The van der Waals surface area contributed by atoms with E-state index < -0.39 is 6.10 Å². The van der Waals surface area contributed by atoms with Crippen molar-refractivity contribution in [3.8, 4) is 5.75 Å². The molecule has 134 valence electrons. The largest absolute Gasteiger partial charge is 0.479 e. The molecule has 0 bridgehead atoms. The van der Waals surface area contributed by atoms with E-state index in [0.717, 1.165) is 5.57 Å². The molecule has 1 aliphatic rings. The number of rotatable bonds is 4. The van der Waals surface area contributed by atoms with Gasteiger partial charge in [-0.3, -0.25) is 9.59 Å². The Morgan fingerprint density at radius 2 is 2.04 bits per heavy atom. The summed E-state index contributed by atoms with van der Waals surface area (Å²) in [6.07, 6.45) is -0.601. The Kier molecular flexibility index (Phi) is 5.00. The maximum absolute atomic E-state index is 12.4. The van der Waals surface area contributed by atoms with Gasteiger partial charge in [-0.15, -0.1) is 0 Å². The van der Waals surface area contributed by atoms with Crippen LogP contribution in [-0.2, 0) is 4.79 Å². The first-order chi connectivity index (χ1) is 12.4. The molecule has 26 heavy (non-hydrogen) atoms. The number of anilines is 2. The summed E-state index contributed by atoms with van der Waals surface area (Å²) >= 11 is 6.07. The Morgan fingerprint density at radius 1 is 1.31 bits per heavy atom. The average Bonchev–Trinajstić information content (AvgIpc) is 2.59. The lowest BCUT2D eigenvalue weighted by Crippen LogP contribution is -2.45. The molecule has 0 radical (unpaired) electrons. The molecule has 0 saturated heterocycles. The molecule has 0 aromatic heterocycles. The summed E-state index contributed by atoms with van der Waals surface area (Å²) < 4.78 is 5.71. The number of hydrogen-bond acceptors (Lipinski definition) is 3. The number of amides is 2. The van der Waals surface area contributed by atoms with Crippen LogP contribution in [0, 0.1) is 0 Å². The average molecular weight is 371 g/mol. The highest BCUT2D eigenvalue weighted by Gasteiger charge is 2.31. The molecule has 0 aliphatic carbocycles. The van der Waals surface area contributed by atoms with Gasteiger partial charge in [-0.1, -0.05) is 35.9 Å². The van der Waals surface area contributed by atoms with Gasteiger partial charge in [0.05, 0.1) is 16.3 Å². The third-order valence-electron chi connectivity index (χ3n) is 3.97. The standard InChI is InChI=1S/C20H19ClN2O3/c1-12(2)11-23-17-9-8-14(10-18(17)26-13(3)20(23)25)22-19(24)15-6-4-5-7-16(15)21/h4-10,13H,1,11H2,2-3H3,(H,22,24). The van der Waals surface area contributed by atoms with E-state index >= 15 is 0 Å². The summed E-state index contributed by atoms with van der Waals surface area (Å²) in [6.45, 7) is 7.86. The molecule has 1 unspecified atom stereocenters. The lowest BCUT2D eigenvalue weighted by molar-refractivity contribution is -0.125. The molecule has 2 aromatic carbocycles. The molecule has 1 aliphatic heterocycles. The predicted octanol–water partition coefficient (Wildman–Crippen LogP) is 4.28. The normalized spacial score (nSPS) is 15.9. The van der Waals surface area contributed by atoms with Crippen molar-refractivity contribution < 1.29 is 14.3 Å². The highest BCUT2D eigenvalue weighted by molar-refractivity contribution is 6.34. The molecule has 3 rings (SSSR count). The highest BCUT2D eigenvalue weighted by Crippen LogP contribution is 2.36. The minimum absolute atomic E-state index is 0.117. The van der Waals surface area contributed by atoms with Crippen LogP contribution in [0.2, 0.25) is 5.02 Å². The van der Waals surface area contributed by atoms with Gasteiger partial charge in [-0.25, -0.2) is 0 Å². The first-order valence-electron chi connectivity index (χ1n) is 8.19. The van der Waals surface area contributed by atoms with E-state index in [4.69, 9.17) is 16.3 Å². The Hall–Kier alpha value is -2.79. The van der Waals surface area contributed by atoms with Crippen molar-refractivity contribution in [1.82, 2.24) is 0 Å². The molecule has 2 aromatic rings. The third-order valence-corrected chi connectivity index (χ3v) is 4.30. The number of nitrogens with one attached hydrogen (secondary N) is 1. The minimum atomic E-state index is -0.601. The van der Waals surface area contributed by atoms with Gasteiger partial charge in [-0.2, -0.15) is 0 Å². The minimum Gasteiger partial charge on any atom is -0.479 e. The van der Waals surface area contributed by atoms with Gasteiger partial charge in [0.15, 0.2) is 6.10 Å². The van der Waals surface area contributed by atoms with E-state index in [1.165, 1.54) is 0 Å². The molecule has 0 fully saturated rings. The lowest BCUT2D eigenvalue weighted by Gasteiger charge is -2.33. The summed E-state index contributed by atoms with van der Waals surface area (Å²) in [5.41, 5.74) is 2.48. The van der Waals surface area contributed by atoms with Gasteiger partial charge in [0, 0.05) is 18.3 Å². The van der Waals surface area contributed by atoms with E-state index in [0.29, 0.717) is 34.3 Å². The molecule has 6 heteroatoms. The second kappa shape index (κ2) is 7.22. The van der Waals surface area contributed by atoms with Gasteiger partial charge in [0.1, 0.15) is 5.75 Å². The van der Waals surface area contributed by atoms with E-state index in [-0.39, 0.29) is 11.8 Å². The molecule has 0 spiro atoms. The Morgan fingerprint density at radius 3 is 2.73 bits per heavy atom. The van der Waals surface area contributed by atoms with E-state index in [1.54, 1.807) is 54.3 Å². The second-order valence-electron chi connectivity index (χ2n) is 6.26.